The Hall–Kier alpha value is -4.92. The van der Waals surface area contributed by atoms with Gasteiger partial charge < -0.3 is 4.98 Å². The molecule has 0 unspecified atom stereocenters. The van der Waals surface area contributed by atoms with E-state index in [1.165, 1.54) is 85.8 Å². The Bertz CT molecular complexity index is 2440. The van der Waals surface area contributed by atoms with Crippen LogP contribution in [-0.4, -0.2) is 4.98 Å². The smallest absolute Gasteiger partial charge is 0.0551 e. The van der Waals surface area contributed by atoms with Crippen molar-refractivity contribution in [2.75, 3.05) is 0 Å². The van der Waals surface area contributed by atoms with Crippen molar-refractivity contribution in [3.63, 3.8) is 0 Å². The van der Waals surface area contributed by atoms with E-state index in [0.29, 0.717) is 0 Å². The van der Waals surface area contributed by atoms with E-state index in [0.717, 1.165) is 0 Å². The van der Waals surface area contributed by atoms with Crippen LogP contribution in [-0.2, 0) is 0 Å². The van der Waals surface area contributed by atoms with Crippen LogP contribution in [0.5, 0.6) is 0 Å². The number of fused-ring (bicyclic) bond motifs is 11. The van der Waals surface area contributed by atoms with Crippen molar-refractivity contribution >= 4 is 74.9 Å². The van der Waals surface area contributed by atoms with Gasteiger partial charge in [-0.3, -0.25) is 0 Å². The SMILES string of the molecule is c1cc(-c2cccc3c2[nH]c2c4ccccc4c4ccccc4c32)cc(-c2cccc3c2sc2ccccc23)c1. The highest BCUT2D eigenvalue weighted by Gasteiger charge is 2.16. The molecule has 0 radical (unpaired) electrons. The second-order valence-electron chi connectivity index (χ2n) is 10.6. The van der Waals surface area contributed by atoms with Crippen LogP contribution in [0.2, 0.25) is 0 Å². The summed E-state index contributed by atoms with van der Waals surface area (Å²) >= 11 is 1.89. The molecule has 0 amide bonds. The zero-order valence-corrected chi connectivity index (χ0v) is 22.4. The Morgan fingerprint density at radius 1 is 0.400 bits per heavy atom. The lowest BCUT2D eigenvalue weighted by molar-refractivity contribution is 1.55. The van der Waals surface area contributed by atoms with Crippen LogP contribution >= 0.6 is 11.3 Å². The molecule has 0 fully saturated rings. The summed E-state index contributed by atoms with van der Waals surface area (Å²) in [5.41, 5.74) is 7.40. The van der Waals surface area contributed by atoms with Crippen LogP contribution in [0.15, 0.2) is 133 Å². The first-order valence-electron chi connectivity index (χ1n) is 13.7. The number of hydrogen-bond donors (Lipinski definition) is 1. The highest BCUT2D eigenvalue weighted by atomic mass is 32.1. The minimum absolute atomic E-state index is 1.19. The molecule has 2 heterocycles. The van der Waals surface area contributed by atoms with Crippen LogP contribution in [0.3, 0.4) is 0 Å². The quantitative estimate of drug-likeness (QED) is 0.216. The summed E-state index contributed by atoms with van der Waals surface area (Å²) in [6.07, 6.45) is 0. The lowest BCUT2D eigenvalue weighted by atomic mass is 9.95. The van der Waals surface area contributed by atoms with Crippen molar-refractivity contribution in [3.8, 4) is 22.3 Å². The van der Waals surface area contributed by atoms with E-state index in [1.54, 1.807) is 0 Å². The fraction of sp³-hybridized carbons (Fsp3) is 0. The molecular weight excluding hydrogens is 502 g/mol. The summed E-state index contributed by atoms with van der Waals surface area (Å²) in [6, 6.07) is 48.7. The number of rotatable bonds is 2. The predicted octanol–water partition coefficient (Wildman–Crippen LogP) is 11.3. The molecule has 1 nitrogen and oxygen atoms in total. The fourth-order valence-electron chi connectivity index (χ4n) is 6.64. The van der Waals surface area contributed by atoms with Gasteiger partial charge in [0.2, 0.25) is 0 Å². The molecule has 0 spiro atoms. The first-order valence-corrected chi connectivity index (χ1v) is 14.5. The minimum atomic E-state index is 1.19. The molecule has 0 atom stereocenters. The summed E-state index contributed by atoms with van der Waals surface area (Å²) in [6.45, 7) is 0. The van der Waals surface area contributed by atoms with E-state index >= 15 is 0 Å². The molecule has 9 aromatic rings. The van der Waals surface area contributed by atoms with Crippen LogP contribution in [0.25, 0.3) is 85.8 Å². The molecule has 1 N–H and O–H groups in total. The molecule has 2 heteroatoms. The molecule has 0 bridgehead atoms. The van der Waals surface area contributed by atoms with Gasteiger partial charge in [-0.1, -0.05) is 121 Å². The van der Waals surface area contributed by atoms with Gasteiger partial charge in [-0.15, -0.1) is 11.3 Å². The number of nitrogens with one attached hydrogen (secondary N) is 1. The van der Waals surface area contributed by atoms with E-state index in [1.807, 2.05) is 11.3 Å². The molecule has 0 saturated carbocycles. The summed E-state index contributed by atoms with van der Waals surface area (Å²) in [4.78, 5) is 3.89. The van der Waals surface area contributed by atoms with Gasteiger partial charge >= 0.3 is 0 Å². The topological polar surface area (TPSA) is 15.8 Å². The number of H-pyrrole nitrogens is 1. The van der Waals surface area contributed by atoms with Crippen molar-refractivity contribution in [2.24, 2.45) is 0 Å². The molecule has 0 aliphatic carbocycles. The van der Waals surface area contributed by atoms with Gasteiger partial charge in [0.05, 0.1) is 11.0 Å². The number of benzene rings is 7. The Labute approximate surface area is 234 Å². The van der Waals surface area contributed by atoms with Crippen molar-refractivity contribution in [1.29, 1.82) is 0 Å². The molecule has 0 saturated heterocycles. The monoisotopic (exact) mass is 525 g/mol. The van der Waals surface area contributed by atoms with E-state index in [2.05, 4.69) is 138 Å². The van der Waals surface area contributed by atoms with Crippen LogP contribution in [0.4, 0.5) is 0 Å². The van der Waals surface area contributed by atoms with Gasteiger partial charge in [-0.2, -0.15) is 0 Å². The number of hydrogen-bond acceptors (Lipinski definition) is 1. The third-order valence-electron chi connectivity index (χ3n) is 8.41. The van der Waals surface area contributed by atoms with E-state index < -0.39 is 0 Å². The maximum Gasteiger partial charge on any atom is 0.0551 e. The largest absolute Gasteiger partial charge is 0.353 e. The van der Waals surface area contributed by atoms with Crippen molar-refractivity contribution < 1.29 is 0 Å². The molecule has 0 aliphatic heterocycles. The zero-order valence-electron chi connectivity index (χ0n) is 21.6. The summed E-state index contributed by atoms with van der Waals surface area (Å²) in [5, 5.41) is 10.4. The first-order chi connectivity index (χ1) is 19.8. The minimum Gasteiger partial charge on any atom is -0.353 e. The lowest BCUT2D eigenvalue weighted by Gasteiger charge is -2.09. The molecular formula is C38H23NS. The van der Waals surface area contributed by atoms with Crippen LogP contribution in [0, 0.1) is 0 Å². The van der Waals surface area contributed by atoms with Gasteiger partial charge in [0, 0.05) is 41.9 Å². The number of thiophene rings is 1. The van der Waals surface area contributed by atoms with Gasteiger partial charge in [-0.05, 0) is 45.0 Å². The van der Waals surface area contributed by atoms with Gasteiger partial charge in [-0.25, -0.2) is 0 Å². The van der Waals surface area contributed by atoms with Gasteiger partial charge in [0.1, 0.15) is 0 Å². The first kappa shape index (κ1) is 22.0. The summed E-state index contributed by atoms with van der Waals surface area (Å²) in [7, 11) is 0. The number of aromatic amines is 1. The van der Waals surface area contributed by atoms with E-state index in [4.69, 9.17) is 0 Å². The standard InChI is InChI=1S/C38H23NS/c1-3-15-30-27(12-1)28-13-2-4-16-31(28)37-35(30)33-20-8-17-25(36(33)39-37)23-10-7-11-24(22-23)26-18-9-19-32-29-14-5-6-21-34(29)40-38(26)32/h1-22,39H. The maximum absolute atomic E-state index is 3.89. The lowest BCUT2D eigenvalue weighted by Crippen LogP contribution is -1.83. The van der Waals surface area contributed by atoms with Gasteiger partial charge in [0.25, 0.3) is 0 Å². The summed E-state index contributed by atoms with van der Waals surface area (Å²) < 4.78 is 2.69. The Kier molecular flexibility index (Phi) is 4.55. The molecule has 186 valence electrons. The highest BCUT2D eigenvalue weighted by molar-refractivity contribution is 7.26. The molecule has 7 aromatic carbocycles. The average molecular weight is 526 g/mol. The van der Waals surface area contributed by atoms with Crippen LogP contribution in [0.1, 0.15) is 0 Å². The normalized spacial score (nSPS) is 12.0. The predicted molar refractivity (Wildman–Crippen MR) is 175 cm³/mol. The van der Waals surface area contributed by atoms with Crippen LogP contribution < -0.4 is 0 Å². The summed E-state index contributed by atoms with van der Waals surface area (Å²) in [5.74, 6) is 0. The van der Waals surface area contributed by atoms with Crippen molar-refractivity contribution in [2.45, 2.75) is 0 Å². The maximum atomic E-state index is 3.89. The Morgan fingerprint density at radius 2 is 0.975 bits per heavy atom. The highest BCUT2D eigenvalue weighted by Crippen LogP contribution is 2.43. The van der Waals surface area contributed by atoms with Crippen molar-refractivity contribution in [1.82, 2.24) is 4.98 Å². The number of aromatic nitrogens is 1. The average Bonchev–Trinajstić information content (AvgIpc) is 3.61. The molecule has 0 aliphatic rings. The molecule has 40 heavy (non-hydrogen) atoms. The third-order valence-corrected chi connectivity index (χ3v) is 9.63. The zero-order chi connectivity index (χ0) is 26.2. The third kappa shape index (κ3) is 3.03. The second-order valence-corrected chi connectivity index (χ2v) is 11.6. The Balaban J connectivity index is 1.31. The van der Waals surface area contributed by atoms with E-state index in [9.17, 15) is 0 Å². The number of para-hydroxylation sites is 1. The molecule has 9 rings (SSSR count). The Morgan fingerprint density at radius 3 is 1.80 bits per heavy atom. The second kappa shape index (κ2) is 8.29. The van der Waals surface area contributed by atoms with Gasteiger partial charge in [0.15, 0.2) is 0 Å². The molecule has 2 aromatic heterocycles. The fourth-order valence-corrected chi connectivity index (χ4v) is 7.88. The van der Waals surface area contributed by atoms with Crippen molar-refractivity contribution in [3.05, 3.63) is 133 Å². The van der Waals surface area contributed by atoms with E-state index in [-0.39, 0.29) is 0 Å².